The number of aromatic hydroxyl groups is 1. The zero-order valence-corrected chi connectivity index (χ0v) is 10.6. The van der Waals surface area contributed by atoms with Crippen LogP contribution in [0.1, 0.15) is 0 Å². The molecule has 0 fully saturated rings. The predicted molar refractivity (Wildman–Crippen MR) is 66.3 cm³/mol. The van der Waals surface area contributed by atoms with Gasteiger partial charge in [-0.15, -0.1) is 0 Å². The van der Waals surface area contributed by atoms with Crippen molar-refractivity contribution in [3.05, 3.63) is 52.8 Å². The van der Waals surface area contributed by atoms with Gasteiger partial charge in [0, 0.05) is 9.37 Å². The minimum Gasteiger partial charge on any atom is -0.507 e. The average molecular weight is 299 g/mol. The minimum atomic E-state index is -0.278. The van der Waals surface area contributed by atoms with Crippen LogP contribution in [-0.4, -0.2) is 5.11 Å². The van der Waals surface area contributed by atoms with E-state index in [1.807, 2.05) is 0 Å². The number of rotatable bonds is 2. The lowest BCUT2D eigenvalue weighted by Crippen LogP contribution is -1.78. The molecule has 0 saturated carbocycles. The van der Waals surface area contributed by atoms with Gasteiger partial charge in [0.15, 0.2) is 0 Å². The molecule has 0 aliphatic carbocycles. The Kier molecular flexibility index (Phi) is 3.51. The van der Waals surface area contributed by atoms with Crippen molar-refractivity contribution in [3.8, 4) is 5.75 Å². The summed E-state index contributed by atoms with van der Waals surface area (Å²) in [7, 11) is 0. The molecule has 0 aromatic heterocycles. The molecule has 0 aliphatic heterocycles. The molecule has 0 bridgehead atoms. The Labute approximate surface area is 105 Å². The molecule has 2 aromatic rings. The molecule has 16 heavy (non-hydrogen) atoms. The molecule has 2 rings (SSSR count). The van der Waals surface area contributed by atoms with Crippen LogP contribution in [0.2, 0.25) is 0 Å². The topological polar surface area (TPSA) is 20.2 Å². The van der Waals surface area contributed by atoms with E-state index in [2.05, 4.69) is 15.9 Å². The van der Waals surface area contributed by atoms with Crippen molar-refractivity contribution in [1.82, 2.24) is 0 Å². The summed E-state index contributed by atoms with van der Waals surface area (Å²) in [6.07, 6.45) is 0. The Hall–Kier alpha value is -1.00. The summed E-state index contributed by atoms with van der Waals surface area (Å²) in [5.74, 6) is -0.0862. The lowest BCUT2D eigenvalue weighted by atomic mass is 10.3. The first-order chi connectivity index (χ1) is 7.65. The van der Waals surface area contributed by atoms with Crippen LogP contribution in [0.15, 0.2) is 56.7 Å². The average Bonchev–Trinajstić information content (AvgIpc) is 2.24. The van der Waals surface area contributed by atoms with Gasteiger partial charge in [0.2, 0.25) is 0 Å². The van der Waals surface area contributed by atoms with Crippen molar-refractivity contribution in [2.75, 3.05) is 0 Å². The first kappa shape index (κ1) is 11.5. The maximum atomic E-state index is 13.0. The fourth-order valence-electron chi connectivity index (χ4n) is 1.23. The van der Waals surface area contributed by atoms with Gasteiger partial charge >= 0.3 is 0 Å². The van der Waals surface area contributed by atoms with Crippen molar-refractivity contribution >= 4 is 27.7 Å². The molecular formula is C12H8BrFOS. The van der Waals surface area contributed by atoms with Crippen LogP contribution in [0.3, 0.4) is 0 Å². The molecule has 4 heteroatoms. The Morgan fingerprint density at radius 2 is 1.94 bits per heavy atom. The Bertz CT molecular complexity index is 516. The molecule has 0 amide bonds. The van der Waals surface area contributed by atoms with E-state index in [1.54, 1.807) is 30.3 Å². The number of halogens is 2. The van der Waals surface area contributed by atoms with Gasteiger partial charge in [-0.25, -0.2) is 4.39 Å². The largest absolute Gasteiger partial charge is 0.507 e. The third-order valence-electron chi connectivity index (χ3n) is 1.95. The lowest BCUT2D eigenvalue weighted by molar-refractivity contribution is 0.462. The Morgan fingerprint density at radius 3 is 2.69 bits per heavy atom. The van der Waals surface area contributed by atoms with Gasteiger partial charge in [-0.2, -0.15) is 0 Å². The highest BCUT2D eigenvalue weighted by Gasteiger charge is 2.04. The number of hydrogen-bond acceptors (Lipinski definition) is 2. The molecule has 82 valence electrons. The highest BCUT2D eigenvalue weighted by molar-refractivity contribution is 9.10. The number of phenols is 1. The van der Waals surface area contributed by atoms with Gasteiger partial charge in [-0.1, -0.05) is 33.8 Å². The third kappa shape index (κ3) is 2.77. The van der Waals surface area contributed by atoms with E-state index in [-0.39, 0.29) is 11.6 Å². The van der Waals surface area contributed by atoms with E-state index in [9.17, 15) is 9.50 Å². The van der Waals surface area contributed by atoms with E-state index >= 15 is 0 Å². The molecular weight excluding hydrogens is 291 g/mol. The summed E-state index contributed by atoms with van der Waals surface area (Å²) in [6, 6.07) is 11.4. The molecule has 0 aliphatic rings. The zero-order chi connectivity index (χ0) is 11.5. The smallest absolute Gasteiger partial charge is 0.129 e. The summed E-state index contributed by atoms with van der Waals surface area (Å²) in [6.45, 7) is 0. The summed E-state index contributed by atoms with van der Waals surface area (Å²) in [5, 5.41) is 9.63. The second kappa shape index (κ2) is 4.89. The van der Waals surface area contributed by atoms with Crippen molar-refractivity contribution in [1.29, 1.82) is 0 Å². The zero-order valence-electron chi connectivity index (χ0n) is 8.15. The first-order valence-corrected chi connectivity index (χ1v) is 6.18. The highest BCUT2D eigenvalue weighted by Crippen LogP contribution is 2.36. The van der Waals surface area contributed by atoms with Crippen molar-refractivity contribution in [2.24, 2.45) is 0 Å². The van der Waals surface area contributed by atoms with Crippen molar-refractivity contribution in [2.45, 2.75) is 9.79 Å². The van der Waals surface area contributed by atoms with Crippen LogP contribution in [0.4, 0.5) is 4.39 Å². The molecule has 0 radical (unpaired) electrons. The fourth-order valence-corrected chi connectivity index (χ4v) is 2.67. The van der Waals surface area contributed by atoms with Crippen LogP contribution in [0, 0.1) is 5.82 Å². The number of phenolic OH excluding ortho intramolecular Hbond substituents is 1. The second-order valence-electron chi connectivity index (χ2n) is 3.17. The standard InChI is InChI=1S/C12H8BrFOS/c13-8-4-5-11(15)12(6-8)16-10-3-1-2-9(14)7-10/h1-7,15H. The molecule has 0 heterocycles. The van der Waals surface area contributed by atoms with E-state index in [0.29, 0.717) is 4.90 Å². The molecule has 0 spiro atoms. The summed E-state index contributed by atoms with van der Waals surface area (Å²) in [4.78, 5) is 1.45. The van der Waals surface area contributed by atoms with E-state index < -0.39 is 0 Å². The van der Waals surface area contributed by atoms with E-state index in [0.717, 1.165) is 9.37 Å². The molecule has 0 unspecified atom stereocenters. The van der Waals surface area contributed by atoms with E-state index in [1.165, 1.54) is 23.9 Å². The molecule has 0 atom stereocenters. The van der Waals surface area contributed by atoms with Gasteiger partial charge in [-0.3, -0.25) is 0 Å². The van der Waals surface area contributed by atoms with Gasteiger partial charge in [0.25, 0.3) is 0 Å². The second-order valence-corrected chi connectivity index (χ2v) is 5.20. The highest BCUT2D eigenvalue weighted by atomic mass is 79.9. The predicted octanol–water partition coefficient (Wildman–Crippen LogP) is 4.45. The first-order valence-electron chi connectivity index (χ1n) is 4.57. The molecule has 1 N–H and O–H groups in total. The third-order valence-corrected chi connectivity index (χ3v) is 3.48. The Balaban J connectivity index is 2.30. The number of hydrogen-bond donors (Lipinski definition) is 1. The fraction of sp³-hybridized carbons (Fsp3) is 0. The lowest BCUT2D eigenvalue weighted by Gasteiger charge is -2.04. The maximum absolute atomic E-state index is 13.0. The maximum Gasteiger partial charge on any atom is 0.129 e. The van der Waals surface area contributed by atoms with Crippen LogP contribution in [0.25, 0.3) is 0 Å². The normalized spacial score (nSPS) is 10.4. The summed E-state index contributed by atoms with van der Waals surface area (Å²) >= 11 is 4.65. The minimum absolute atomic E-state index is 0.192. The van der Waals surface area contributed by atoms with Gasteiger partial charge < -0.3 is 5.11 Å². The molecule has 1 nitrogen and oxygen atoms in total. The quantitative estimate of drug-likeness (QED) is 0.884. The van der Waals surface area contributed by atoms with E-state index in [4.69, 9.17) is 0 Å². The van der Waals surface area contributed by atoms with Crippen molar-refractivity contribution in [3.63, 3.8) is 0 Å². The molecule has 2 aromatic carbocycles. The van der Waals surface area contributed by atoms with Crippen LogP contribution < -0.4 is 0 Å². The molecule has 0 saturated heterocycles. The van der Waals surface area contributed by atoms with Crippen LogP contribution in [0.5, 0.6) is 5.75 Å². The van der Waals surface area contributed by atoms with Crippen LogP contribution in [-0.2, 0) is 0 Å². The summed E-state index contributed by atoms with van der Waals surface area (Å²) < 4.78 is 13.8. The van der Waals surface area contributed by atoms with Gasteiger partial charge in [0.05, 0.1) is 4.90 Å². The van der Waals surface area contributed by atoms with Gasteiger partial charge in [-0.05, 0) is 36.4 Å². The Morgan fingerprint density at radius 1 is 1.12 bits per heavy atom. The SMILES string of the molecule is Oc1ccc(Br)cc1Sc1cccc(F)c1. The van der Waals surface area contributed by atoms with Gasteiger partial charge in [0.1, 0.15) is 11.6 Å². The summed E-state index contributed by atoms with van der Waals surface area (Å²) in [5.41, 5.74) is 0. The number of benzene rings is 2. The van der Waals surface area contributed by atoms with Crippen molar-refractivity contribution < 1.29 is 9.50 Å². The monoisotopic (exact) mass is 298 g/mol. The van der Waals surface area contributed by atoms with Crippen LogP contribution >= 0.6 is 27.7 Å².